The van der Waals surface area contributed by atoms with Crippen LogP contribution in [-0.4, -0.2) is 13.3 Å². The molecule has 0 saturated carbocycles. The zero-order chi connectivity index (χ0) is 11.6. The average Bonchev–Trinajstić information content (AvgIpc) is 2.15. The Hall–Kier alpha value is -0.940. The molecule has 0 aliphatic heterocycles. The normalized spacial score (nSPS) is 11.1. The molecule has 0 aromatic heterocycles. The Labute approximate surface area is 99.1 Å². The standard InChI is InChI=1S/C6H5IN2O5S/c7-14-5-2-1-4(9(10)11)3-6(5)15(8,12)13/h1-3H,(H2,8,12,13). The summed E-state index contributed by atoms with van der Waals surface area (Å²) >= 11 is 1.46. The van der Waals surface area contributed by atoms with Gasteiger partial charge in [-0.3, -0.25) is 10.1 Å². The van der Waals surface area contributed by atoms with Crippen LogP contribution in [0.25, 0.3) is 0 Å². The van der Waals surface area contributed by atoms with Gasteiger partial charge in [-0.25, -0.2) is 13.6 Å². The predicted octanol–water partition coefficient (Wildman–Crippen LogP) is 0.971. The van der Waals surface area contributed by atoms with Crippen LogP contribution in [0.4, 0.5) is 5.69 Å². The molecule has 0 fully saturated rings. The molecule has 7 nitrogen and oxygen atoms in total. The second-order valence-electron chi connectivity index (χ2n) is 2.51. The third-order valence-electron chi connectivity index (χ3n) is 1.53. The van der Waals surface area contributed by atoms with E-state index >= 15 is 0 Å². The number of non-ortho nitro benzene ring substituents is 1. The molecule has 82 valence electrons. The molecule has 2 N–H and O–H groups in total. The number of hydrogen-bond acceptors (Lipinski definition) is 5. The molecule has 0 aliphatic carbocycles. The van der Waals surface area contributed by atoms with Crippen molar-refractivity contribution in [3.63, 3.8) is 0 Å². The van der Waals surface area contributed by atoms with Crippen LogP contribution in [-0.2, 0) is 10.0 Å². The van der Waals surface area contributed by atoms with Gasteiger partial charge >= 0.3 is 0 Å². The Morgan fingerprint density at radius 1 is 1.47 bits per heavy atom. The lowest BCUT2D eigenvalue weighted by atomic mass is 10.3. The van der Waals surface area contributed by atoms with Gasteiger partial charge in [-0.05, 0) is 6.07 Å². The molecule has 0 amide bonds. The van der Waals surface area contributed by atoms with E-state index < -0.39 is 19.8 Å². The van der Waals surface area contributed by atoms with Crippen LogP contribution in [0.1, 0.15) is 0 Å². The number of sulfonamides is 1. The van der Waals surface area contributed by atoms with Crippen molar-refractivity contribution in [1.82, 2.24) is 0 Å². The van der Waals surface area contributed by atoms with Gasteiger partial charge in [-0.1, -0.05) is 0 Å². The van der Waals surface area contributed by atoms with Crippen molar-refractivity contribution in [2.75, 3.05) is 0 Å². The Bertz CT molecular complexity index is 500. The minimum atomic E-state index is -4.04. The fourth-order valence-corrected chi connectivity index (χ4v) is 2.10. The van der Waals surface area contributed by atoms with Crippen molar-refractivity contribution in [3.05, 3.63) is 28.3 Å². The van der Waals surface area contributed by atoms with E-state index in [2.05, 4.69) is 0 Å². The highest BCUT2D eigenvalue weighted by Crippen LogP contribution is 2.28. The molecule has 0 atom stereocenters. The van der Waals surface area contributed by atoms with E-state index in [4.69, 9.17) is 8.21 Å². The van der Waals surface area contributed by atoms with Crippen molar-refractivity contribution in [3.8, 4) is 5.75 Å². The Kier molecular flexibility index (Phi) is 3.46. The van der Waals surface area contributed by atoms with E-state index in [1.165, 1.54) is 29.1 Å². The van der Waals surface area contributed by atoms with Crippen molar-refractivity contribution >= 4 is 38.7 Å². The highest BCUT2D eigenvalue weighted by molar-refractivity contribution is 14.1. The summed E-state index contributed by atoms with van der Waals surface area (Å²) < 4.78 is 26.8. The van der Waals surface area contributed by atoms with Crippen molar-refractivity contribution < 1.29 is 16.4 Å². The number of nitrogens with zero attached hydrogens (tertiary/aromatic N) is 1. The highest BCUT2D eigenvalue weighted by atomic mass is 127. The van der Waals surface area contributed by atoms with E-state index in [0.29, 0.717) is 0 Å². The van der Waals surface area contributed by atoms with Crippen molar-refractivity contribution in [2.45, 2.75) is 4.90 Å². The summed E-state index contributed by atoms with van der Waals surface area (Å²) in [5.41, 5.74) is -0.365. The van der Waals surface area contributed by atoms with Crippen LogP contribution in [0.5, 0.6) is 5.75 Å². The number of benzene rings is 1. The van der Waals surface area contributed by atoms with Gasteiger partial charge in [0.15, 0.2) is 28.8 Å². The minimum Gasteiger partial charge on any atom is -0.426 e. The van der Waals surface area contributed by atoms with Gasteiger partial charge in [0.2, 0.25) is 10.0 Å². The summed E-state index contributed by atoms with van der Waals surface area (Å²) in [6, 6.07) is 3.15. The molecule has 0 heterocycles. The maximum absolute atomic E-state index is 11.1. The van der Waals surface area contributed by atoms with Gasteiger partial charge in [0.05, 0.1) is 4.92 Å². The van der Waals surface area contributed by atoms with Crippen LogP contribution in [0.2, 0.25) is 0 Å². The predicted molar refractivity (Wildman–Crippen MR) is 59.1 cm³/mol. The Morgan fingerprint density at radius 3 is 2.47 bits per heavy atom. The Morgan fingerprint density at radius 2 is 2.07 bits per heavy atom. The molecule has 0 bridgehead atoms. The molecule has 1 rings (SSSR count). The van der Waals surface area contributed by atoms with E-state index in [1.54, 1.807) is 0 Å². The maximum atomic E-state index is 11.1. The smallest absolute Gasteiger partial charge is 0.271 e. The van der Waals surface area contributed by atoms with Gasteiger partial charge in [0.25, 0.3) is 5.69 Å². The maximum Gasteiger partial charge on any atom is 0.271 e. The molecular formula is C6H5IN2O5S. The molecule has 0 saturated heterocycles. The van der Waals surface area contributed by atoms with Crippen LogP contribution < -0.4 is 8.21 Å². The highest BCUT2D eigenvalue weighted by Gasteiger charge is 2.19. The number of rotatable bonds is 3. The van der Waals surface area contributed by atoms with E-state index in [9.17, 15) is 18.5 Å². The second kappa shape index (κ2) is 4.28. The molecule has 1 aromatic rings. The van der Waals surface area contributed by atoms with Gasteiger partial charge < -0.3 is 3.07 Å². The number of nitro groups is 1. The molecule has 0 spiro atoms. The SMILES string of the molecule is NS(=O)(=O)c1cc([N+](=O)[O-])ccc1OI. The summed E-state index contributed by atoms with van der Waals surface area (Å²) in [6.07, 6.45) is 0. The topological polar surface area (TPSA) is 113 Å². The third-order valence-corrected chi connectivity index (χ3v) is 2.93. The summed E-state index contributed by atoms with van der Waals surface area (Å²) in [7, 11) is -4.04. The second-order valence-corrected chi connectivity index (χ2v) is 4.48. The Balaban J connectivity index is 3.46. The first kappa shape index (κ1) is 12.1. The van der Waals surface area contributed by atoms with Crippen molar-refractivity contribution in [2.24, 2.45) is 5.14 Å². The van der Waals surface area contributed by atoms with Crippen LogP contribution >= 0.6 is 23.0 Å². The van der Waals surface area contributed by atoms with Gasteiger partial charge in [-0.15, -0.1) is 0 Å². The number of nitrogens with two attached hydrogens (primary N) is 1. The van der Waals surface area contributed by atoms with Gasteiger partial charge in [-0.2, -0.15) is 0 Å². The molecular weight excluding hydrogens is 339 g/mol. The number of hydrogen-bond donors (Lipinski definition) is 1. The molecule has 1 aromatic carbocycles. The first-order valence-corrected chi connectivity index (χ1v) is 5.89. The van der Waals surface area contributed by atoms with Gasteiger partial charge in [0.1, 0.15) is 4.90 Å². The fourth-order valence-electron chi connectivity index (χ4n) is 0.896. The van der Waals surface area contributed by atoms with Crippen LogP contribution in [0, 0.1) is 10.1 Å². The quantitative estimate of drug-likeness (QED) is 0.499. The summed E-state index contributed by atoms with van der Waals surface area (Å²) in [4.78, 5) is 9.28. The van der Waals surface area contributed by atoms with E-state index in [0.717, 1.165) is 12.1 Å². The molecule has 9 heteroatoms. The fraction of sp³-hybridized carbons (Fsp3) is 0. The van der Waals surface area contributed by atoms with E-state index in [-0.39, 0.29) is 11.4 Å². The molecule has 0 aliphatic rings. The monoisotopic (exact) mass is 344 g/mol. The largest absolute Gasteiger partial charge is 0.426 e. The summed E-state index contributed by atoms with van der Waals surface area (Å²) in [5, 5.41) is 15.3. The number of nitro benzene ring substituents is 1. The summed E-state index contributed by atoms with van der Waals surface area (Å²) in [5.74, 6) is -0.0382. The third kappa shape index (κ3) is 2.76. The zero-order valence-corrected chi connectivity index (χ0v) is 10.1. The molecule has 0 radical (unpaired) electrons. The molecule has 15 heavy (non-hydrogen) atoms. The first-order chi connectivity index (χ1) is 6.86. The molecule has 0 unspecified atom stereocenters. The lowest BCUT2D eigenvalue weighted by Gasteiger charge is -2.03. The minimum absolute atomic E-state index is 0.0382. The van der Waals surface area contributed by atoms with E-state index in [1.807, 2.05) is 0 Å². The van der Waals surface area contributed by atoms with Crippen LogP contribution in [0.3, 0.4) is 0 Å². The lowest BCUT2D eigenvalue weighted by molar-refractivity contribution is -0.385. The average molecular weight is 344 g/mol. The van der Waals surface area contributed by atoms with Gasteiger partial charge in [0, 0.05) is 12.1 Å². The number of primary sulfonamides is 1. The van der Waals surface area contributed by atoms with Crippen LogP contribution in [0.15, 0.2) is 23.1 Å². The first-order valence-electron chi connectivity index (χ1n) is 3.46. The van der Waals surface area contributed by atoms with Crippen molar-refractivity contribution in [1.29, 1.82) is 0 Å². The summed E-state index contributed by atoms with van der Waals surface area (Å²) in [6.45, 7) is 0. The number of halogens is 1. The lowest BCUT2D eigenvalue weighted by Crippen LogP contribution is -2.13. The zero-order valence-electron chi connectivity index (χ0n) is 7.08.